The highest BCUT2D eigenvalue weighted by atomic mass is 19.1. The Bertz CT molecular complexity index is 797. The molecule has 2 aromatic carbocycles. The fourth-order valence-corrected chi connectivity index (χ4v) is 2.24. The van der Waals surface area contributed by atoms with Crippen LogP contribution in [0.2, 0.25) is 0 Å². The standard InChI is InChI=1S/C15H13F2N3O/c1-21-14-7-13-12(6-11(14)17)19-15(18)20(13)8-9-2-4-10(16)5-3-9/h2-7H,8H2,1H3,(H2,18,19). The summed E-state index contributed by atoms with van der Waals surface area (Å²) in [4.78, 5) is 4.13. The first kappa shape index (κ1) is 13.4. The maximum atomic E-state index is 13.7. The van der Waals surface area contributed by atoms with E-state index in [0.717, 1.165) is 5.56 Å². The van der Waals surface area contributed by atoms with Crippen LogP contribution < -0.4 is 10.5 Å². The Morgan fingerprint density at radius 2 is 1.90 bits per heavy atom. The molecular weight excluding hydrogens is 276 g/mol. The van der Waals surface area contributed by atoms with Crippen LogP contribution in [0.4, 0.5) is 14.7 Å². The molecule has 0 radical (unpaired) electrons. The summed E-state index contributed by atoms with van der Waals surface area (Å²) in [5.41, 5.74) is 7.87. The van der Waals surface area contributed by atoms with Gasteiger partial charge in [0.05, 0.1) is 24.7 Å². The number of benzene rings is 2. The van der Waals surface area contributed by atoms with Crippen LogP contribution in [0.5, 0.6) is 5.75 Å². The number of ether oxygens (including phenoxy) is 1. The van der Waals surface area contributed by atoms with Gasteiger partial charge in [-0.1, -0.05) is 12.1 Å². The molecule has 0 amide bonds. The van der Waals surface area contributed by atoms with Crippen LogP contribution in [0.1, 0.15) is 5.56 Å². The van der Waals surface area contributed by atoms with Crippen LogP contribution in [0.3, 0.4) is 0 Å². The lowest BCUT2D eigenvalue weighted by Gasteiger charge is -2.08. The summed E-state index contributed by atoms with van der Waals surface area (Å²) >= 11 is 0. The number of fused-ring (bicyclic) bond motifs is 1. The first-order chi connectivity index (χ1) is 10.1. The molecule has 0 fully saturated rings. The van der Waals surface area contributed by atoms with Gasteiger partial charge in [-0.05, 0) is 17.7 Å². The number of nitrogens with two attached hydrogens (primary N) is 1. The Morgan fingerprint density at radius 3 is 2.57 bits per heavy atom. The van der Waals surface area contributed by atoms with Crippen molar-refractivity contribution in [2.75, 3.05) is 12.8 Å². The number of nitrogen functional groups attached to an aromatic ring is 1. The minimum atomic E-state index is -0.489. The Labute approximate surface area is 119 Å². The highest BCUT2D eigenvalue weighted by Crippen LogP contribution is 2.27. The van der Waals surface area contributed by atoms with Gasteiger partial charge in [-0.2, -0.15) is 0 Å². The number of imidazole rings is 1. The van der Waals surface area contributed by atoms with Crippen LogP contribution in [0.15, 0.2) is 36.4 Å². The minimum Gasteiger partial charge on any atom is -0.494 e. The Balaban J connectivity index is 2.08. The van der Waals surface area contributed by atoms with Gasteiger partial charge < -0.3 is 15.0 Å². The Morgan fingerprint density at radius 1 is 1.19 bits per heavy atom. The highest BCUT2D eigenvalue weighted by molar-refractivity contribution is 5.80. The molecule has 3 rings (SSSR count). The number of halogens is 2. The molecule has 2 N–H and O–H groups in total. The minimum absolute atomic E-state index is 0.128. The second-order valence-corrected chi connectivity index (χ2v) is 4.66. The predicted octanol–water partition coefficient (Wildman–Crippen LogP) is 2.95. The molecule has 108 valence electrons. The van der Waals surface area contributed by atoms with E-state index in [4.69, 9.17) is 10.5 Å². The Kier molecular flexibility index (Phi) is 3.21. The largest absolute Gasteiger partial charge is 0.494 e. The molecule has 0 bridgehead atoms. The van der Waals surface area contributed by atoms with E-state index in [1.165, 1.54) is 25.3 Å². The number of methoxy groups -OCH3 is 1. The maximum absolute atomic E-state index is 13.7. The molecule has 3 aromatic rings. The summed E-state index contributed by atoms with van der Waals surface area (Å²) in [5, 5.41) is 0. The third-order valence-corrected chi connectivity index (χ3v) is 3.31. The van der Waals surface area contributed by atoms with Crippen molar-refractivity contribution in [1.82, 2.24) is 9.55 Å². The van der Waals surface area contributed by atoms with Crippen molar-refractivity contribution in [3.8, 4) is 5.75 Å². The molecule has 0 aliphatic heterocycles. The van der Waals surface area contributed by atoms with E-state index in [1.54, 1.807) is 22.8 Å². The molecule has 0 aliphatic carbocycles. The van der Waals surface area contributed by atoms with Crippen molar-refractivity contribution in [3.63, 3.8) is 0 Å². The van der Waals surface area contributed by atoms with Crippen molar-refractivity contribution < 1.29 is 13.5 Å². The number of hydrogen-bond acceptors (Lipinski definition) is 3. The van der Waals surface area contributed by atoms with E-state index < -0.39 is 5.82 Å². The van der Waals surface area contributed by atoms with Gasteiger partial charge in [-0.3, -0.25) is 0 Å². The summed E-state index contributed by atoms with van der Waals surface area (Å²) in [5.74, 6) is -0.396. The monoisotopic (exact) mass is 289 g/mol. The van der Waals surface area contributed by atoms with E-state index in [0.29, 0.717) is 17.6 Å². The summed E-state index contributed by atoms with van der Waals surface area (Å²) in [6.45, 7) is 0.414. The molecule has 0 saturated carbocycles. The second kappa shape index (κ2) is 5.05. The predicted molar refractivity (Wildman–Crippen MR) is 76.2 cm³/mol. The van der Waals surface area contributed by atoms with E-state index in [-0.39, 0.29) is 17.5 Å². The van der Waals surface area contributed by atoms with Gasteiger partial charge in [0.15, 0.2) is 11.6 Å². The molecule has 0 spiro atoms. The summed E-state index contributed by atoms with van der Waals surface area (Å²) < 4.78 is 33.3. The number of nitrogens with zero attached hydrogens (tertiary/aromatic N) is 2. The van der Waals surface area contributed by atoms with Crippen LogP contribution in [-0.2, 0) is 6.54 Å². The molecule has 0 aliphatic rings. The number of anilines is 1. The maximum Gasteiger partial charge on any atom is 0.201 e. The van der Waals surface area contributed by atoms with Crippen LogP contribution in [0, 0.1) is 11.6 Å². The third kappa shape index (κ3) is 2.40. The molecule has 0 saturated heterocycles. The highest BCUT2D eigenvalue weighted by Gasteiger charge is 2.13. The van der Waals surface area contributed by atoms with Crippen molar-refractivity contribution in [2.24, 2.45) is 0 Å². The molecule has 0 unspecified atom stereocenters. The molecule has 0 atom stereocenters. The smallest absolute Gasteiger partial charge is 0.201 e. The first-order valence-corrected chi connectivity index (χ1v) is 6.32. The zero-order valence-corrected chi connectivity index (χ0v) is 11.3. The lowest BCUT2D eigenvalue weighted by atomic mass is 10.2. The second-order valence-electron chi connectivity index (χ2n) is 4.66. The average molecular weight is 289 g/mol. The molecule has 21 heavy (non-hydrogen) atoms. The zero-order chi connectivity index (χ0) is 15.0. The van der Waals surface area contributed by atoms with Gasteiger partial charge >= 0.3 is 0 Å². The fraction of sp³-hybridized carbons (Fsp3) is 0.133. The number of hydrogen-bond donors (Lipinski definition) is 1. The number of aromatic nitrogens is 2. The van der Waals surface area contributed by atoms with E-state index in [2.05, 4.69) is 4.98 Å². The third-order valence-electron chi connectivity index (χ3n) is 3.31. The Hall–Kier alpha value is -2.63. The van der Waals surface area contributed by atoms with Gasteiger partial charge in [0.25, 0.3) is 0 Å². The summed E-state index contributed by atoms with van der Waals surface area (Å²) in [6.07, 6.45) is 0. The quantitative estimate of drug-likeness (QED) is 0.806. The van der Waals surface area contributed by atoms with Crippen molar-refractivity contribution in [3.05, 3.63) is 53.6 Å². The normalized spacial score (nSPS) is 11.0. The topological polar surface area (TPSA) is 53.1 Å². The van der Waals surface area contributed by atoms with Gasteiger partial charge in [0.1, 0.15) is 5.82 Å². The van der Waals surface area contributed by atoms with Gasteiger partial charge in [-0.25, -0.2) is 13.8 Å². The van der Waals surface area contributed by atoms with E-state index in [9.17, 15) is 8.78 Å². The van der Waals surface area contributed by atoms with E-state index in [1.807, 2.05) is 0 Å². The summed E-state index contributed by atoms with van der Waals surface area (Å²) in [7, 11) is 1.40. The summed E-state index contributed by atoms with van der Waals surface area (Å²) in [6, 6.07) is 8.93. The average Bonchev–Trinajstić information content (AvgIpc) is 2.75. The molecule has 4 nitrogen and oxygen atoms in total. The van der Waals surface area contributed by atoms with Crippen molar-refractivity contribution in [2.45, 2.75) is 6.54 Å². The SMILES string of the molecule is COc1cc2c(cc1F)nc(N)n2Cc1ccc(F)cc1. The molecular formula is C15H13F2N3O. The molecule has 1 aromatic heterocycles. The van der Waals surface area contributed by atoms with Crippen LogP contribution >= 0.6 is 0 Å². The first-order valence-electron chi connectivity index (χ1n) is 6.32. The van der Waals surface area contributed by atoms with Gasteiger partial charge in [-0.15, -0.1) is 0 Å². The van der Waals surface area contributed by atoms with Crippen molar-refractivity contribution in [1.29, 1.82) is 0 Å². The fourth-order valence-electron chi connectivity index (χ4n) is 2.24. The number of rotatable bonds is 3. The van der Waals surface area contributed by atoms with Crippen LogP contribution in [-0.4, -0.2) is 16.7 Å². The van der Waals surface area contributed by atoms with Crippen molar-refractivity contribution >= 4 is 17.0 Å². The van der Waals surface area contributed by atoms with Crippen LogP contribution in [0.25, 0.3) is 11.0 Å². The molecule has 1 heterocycles. The zero-order valence-electron chi connectivity index (χ0n) is 11.3. The molecule has 6 heteroatoms. The van der Waals surface area contributed by atoms with Gasteiger partial charge in [0.2, 0.25) is 5.95 Å². The lowest BCUT2D eigenvalue weighted by molar-refractivity contribution is 0.387. The van der Waals surface area contributed by atoms with Gasteiger partial charge in [0, 0.05) is 12.1 Å². The lowest BCUT2D eigenvalue weighted by Crippen LogP contribution is -2.04. The van der Waals surface area contributed by atoms with E-state index >= 15 is 0 Å².